The minimum atomic E-state index is 1.04. The Morgan fingerprint density at radius 1 is 1.00 bits per heavy atom. The minimum Gasteiger partial charge on any atom is -0.0988 e. The fourth-order valence-corrected chi connectivity index (χ4v) is 2.37. The second-order valence-corrected chi connectivity index (χ2v) is 4.64. The Kier molecular flexibility index (Phi) is 4.35. The number of benzene rings is 2. The Bertz CT molecular complexity index is 588. The zero-order chi connectivity index (χ0) is 13.7. The summed E-state index contributed by atoms with van der Waals surface area (Å²) in [7, 11) is 0. The van der Waals surface area contributed by atoms with Crippen LogP contribution in [0, 0.1) is 0 Å². The van der Waals surface area contributed by atoms with Crippen LogP contribution in [0.2, 0.25) is 0 Å². The summed E-state index contributed by atoms with van der Waals surface area (Å²) in [6, 6.07) is 19.2. The Balaban J connectivity index is 2.67. The third kappa shape index (κ3) is 2.85. The van der Waals surface area contributed by atoms with E-state index >= 15 is 0 Å². The van der Waals surface area contributed by atoms with Crippen molar-refractivity contribution in [2.75, 3.05) is 0 Å². The maximum Gasteiger partial charge on any atom is -0.00796 e. The molecule has 2 aromatic carbocycles. The average Bonchev–Trinajstić information content (AvgIpc) is 2.49. The number of hydrogen-bond donors (Lipinski definition) is 0. The average molecular weight is 248 g/mol. The quantitative estimate of drug-likeness (QED) is 0.648. The molecule has 0 bridgehead atoms. The highest BCUT2D eigenvalue weighted by molar-refractivity contribution is 5.84. The standard InChI is InChI=1S/C19H20/c1-4-15(3)19(17-12-7-6-8-13-17)18-14-10-9-11-16(18)5-2/h4,6-14H,1,5H2,2-3H3/b19-15+. The number of rotatable bonds is 4. The molecule has 0 aliphatic rings. The first-order valence-corrected chi connectivity index (χ1v) is 6.75. The first-order chi connectivity index (χ1) is 9.27. The molecule has 0 saturated heterocycles. The Hall–Kier alpha value is -2.08. The fraction of sp³-hybridized carbons (Fsp3) is 0.158. The smallest absolute Gasteiger partial charge is 0.00796 e. The van der Waals surface area contributed by atoms with E-state index in [-0.39, 0.29) is 0 Å². The summed E-state index contributed by atoms with van der Waals surface area (Å²) in [5, 5.41) is 0. The lowest BCUT2D eigenvalue weighted by Crippen LogP contribution is -1.96. The van der Waals surface area contributed by atoms with E-state index in [1.807, 2.05) is 6.08 Å². The highest BCUT2D eigenvalue weighted by atomic mass is 14.1. The molecule has 2 rings (SSSR count). The molecule has 0 aromatic heterocycles. The van der Waals surface area contributed by atoms with E-state index in [1.165, 1.54) is 27.8 Å². The summed E-state index contributed by atoms with van der Waals surface area (Å²) in [5.74, 6) is 0. The molecule has 0 aliphatic carbocycles. The third-order valence-electron chi connectivity index (χ3n) is 3.43. The first kappa shape index (κ1) is 13.4. The molecule has 0 unspecified atom stereocenters. The van der Waals surface area contributed by atoms with Crippen molar-refractivity contribution < 1.29 is 0 Å². The van der Waals surface area contributed by atoms with Gasteiger partial charge in [0.2, 0.25) is 0 Å². The molecule has 0 saturated carbocycles. The van der Waals surface area contributed by atoms with E-state index in [0.717, 1.165) is 6.42 Å². The Morgan fingerprint density at radius 2 is 1.63 bits per heavy atom. The molecule has 0 radical (unpaired) electrons. The zero-order valence-corrected chi connectivity index (χ0v) is 11.7. The largest absolute Gasteiger partial charge is 0.0988 e. The second kappa shape index (κ2) is 6.19. The van der Waals surface area contributed by atoms with Crippen LogP contribution in [0.3, 0.4) is 0 Å². The summed E-state index contributed by atoms with van der Waals surface area (Å²) in [6.45, 7) is 8.26. The van der Waals surface area contributed by atoms with Gasteiger partial charge in [0.05, 0.1) is 0 Å². The molecule has 96 valence electrons. The van der Waals surface area contributed by atoms with Crippen LogP contribution in [-0.2, 0) is 6.42 Å². The van der Waals surface area contributed by atoms with E-state index < -0.39 is 0 Å². The van der Waals surface area contributed by atoms with Gasteiger partial charge in [0.25, 0.3) is 0 Å². The van der Waals surface area contributed by atoms with Crippen LogP contribution in [0.5, 0.6) is 0 Å². The van der Waals surface area contributed by atoms with Gasteiger partial charge in [-0.25, -0.2) is 0 Å². The van der Waals surface area contributed by atoms with Gasteiger partial charge in [0, 0.05) is 0 Å². The molecule has 19 heavy (non-hydrogen) atoms. The molecule has 0 amide bonds. The van der Waals surface area contributed by atoms with Gasteiger partial charge in [0.15, 0.2) is 0 Å². The number of aryl methyl sites for hydroxylation is 1. The van der Waals surface area contributed by atoms with Gasteiger partial charge in [-0.05, 0) is 41.2 Å². The summed E-state index contributed by atoms with van der Waals surface area (Å²) >= 11 is 0. The van der Waals surface area contributed by atoms with Crippen LogP contribution in [-0.4, -0.2) is 0 Å². The predicted molar refractivity (Wildman–Crippen MR) is 84.2 cm³/mol. The topological polar surface area (TPSA) is 0 Å². The fourth-order valence-electron chi connectivity index (χ4n) is 2.37. The zero-order valence-electron chi connectivity index (χ0n) is 11.7. The molecule has 0 nitrogen and oxygen atoms in total. The lowest BCUT2D eigenvalue weighted by Gasteiger charge is -2.15. The first-order valence-electron chi connectivity index (χ1n) is 6.75. The van der Waals surface area contributed by atoms with Crippen LogP contribution < -0.4 is 0 Å². The van der Waals surface area contributed by atoms with E-state index in [4.69, 9.17) is 0 Å². The highest BCUT2D eigenvalue weighted by Crippen LogP contribution is 2.30. The summed E-state index contributed by atoms with van der Waals surface area (Å²) in [6.07, 6.45) is 2.98. The van der Waals surface area contributed by atoms with Crippen LogP contribution in [0.4, 0.5) is 0 Å². The molecule has 0 heteroatoms. The van der Waals surface area contributed by atoms with E-state index in [9.17, 15) is 0 Å². The molecule has 2 aromatic rings. The minimum absolute atomic E-state index is 1.04. The molecule has 0 heterocycles. The molecule has 0 fully saturated rings. The molecule has 0 spiro atoms. The summed E-state index contributed by atoms with van der Waals surface area (Å²) in [4.78, 5) is 0. The maximum atomic E-state index is 3.93. The van der Waals surface area contributed by atoms with Gasteiger partial charge < -0.3 is 0 Å². The maximum absolute atomic E-state index is 3.93. The van der Waals surface area contributed by atoms with Crippen LogP contribution in [0.1, 0.15) is 30.5 Å². The second-order valence-electron chi connectivity index (χ2n) is 4.64. The summed E-state index contributed by atoms with van der Waals surface area (Å²) in [5.41, 5.74) is 6.44. The van der Waals surface area contributed by atoms with Gasteiger partial charge >= 0.3 is 0 Å². The summed E-state index contributed by atoms with van der Waals surface area (Å²) < 4.78 is 0. The van der Waals surface area contributed by atoms with Gasteiger partial charge in [-0.15, -0.1) is 0 Å². The van der Waals surface area contributed by atoms with Crippen molar-refractivity contribution in [3.8, 4) is 0 Å². The van der Waals surface area contributed by atoms with Crippen molar-refractivity contribution in [3.05, 3.63) is 89.5 Å². The highest BCUT2D eigenvalue weighted by Gasteiger charge is 2.10. The third-order valence-corrected chi connectivity index (χ3v) is 3.43. The normalized spacial score (nSPS) is 11.9. The monoisotopic (exact) mass is 248 g/mol. The van der Waals surface area contributed by atoms with Crippen LogP contribution in [0.25, 0.3) is 5.57 Å². The van der Waals surface area contributed by atoms with Crippen molar-refractivity contribution in [1.29, 1.82) is 0 Å². The lowest BCUT2D eigenvalue weighted by molar-refractivity contribution is 1.13. The van der Waals surface area contributed by atoms with Crippen molar-refractivity contribution in [3.63, 3.8) is 0 Å². The van der Waals surface area contributed by atoms with Crippen LogP contribution >= 0.6 is 0 Å². The number of hydrogen-bond acceptors (Lipinski definition) is 0. The lowest BCUT2D eigenvalue weighted by atomic mass is 9.89. The predicted octanol–water partition coefficient (Wildman–Crippen LogP) is 5.26. The van der Waals surface area contributed by atoms with Gasteiger partial charge in [-0.1, -0.05) is 74.2 Å². The molecule has 0 N–H and O–H groups in total. The van der Waals surface area contributed by atoms with E-state index in [2.05, 4.69) is 75.0 Å². The molecule has 0 aliphatic heterocycles. The number of allylic oxidation sites excluding steroid dienone is 2. The SMILES string of the molecule is C=C/C(C)=C(\c1ccccc1)c1ccccc1CC. The van der Waals surface area contributed by atoms with Crippen molar-refractivity contribution in [2.45, 2.75) is 20.3 Å². The van der Waals surface area contributed by atoms with Crippen LogP contribution in [0.15, 0.2) is 72.8 Å². The van der Waals surface area contributed by atoms with Crippen molar-refractivity contribution >= 4 is 5.57 Å². The van der Waals surface area contributed by atoms with E-state index in [0.29, 0.717) is 0 Å². The Labute approximate surface area is 116 Å². The molecular formula is C19H20. The molecule has 0 atom stereocenters. The van der Waals surface area contributed by atoms with E-state index in [1.54, 1.807) is 0 Å². The molecular weight excluding hydrogens is 228 g/mol. The van der Waals surface area contributed by atoms with Gasteiger partial charge in [0.1, 0.15) is 0 Å². The Morgan fingerprint density at radius 3 is 2.26 bits per heavy atom. The van der Waals surface area contributed by atoms with Gasteiger partial charge in [-0.3, -0.25) is 0 Å². The van der Waals surface area contributed by atoms with Crippen molar-refractivity contribution in [1.82, 2.24) is 0 Å². The van der Waals surface area contributed by atoms with Gasteiger partial charge in [-0.2, -0.15) is 0 Å². The van der Waals surface area contributed by atoms with Crippen molar-refractivity contribution in [2.24, 2.45) is 0 Å².